The molecule has 1 N–H and O–H groups in total. The third kappa shape index (κ3) is 4.26. The second-order valence-electron chi connectivity index (χ2n) is 8.93. The summed E-state index contributed by atoms with van der Waals surface area (Å²) in [5, 5.41) is 17.2. The molecule has 0 saturated heterocycles. The van der Waals surface area contributed by atoms with Gasteiger partial charge in [0.25, 0.3) is 5.89 Å². The molecule has 32 heavy (non-hydrogen) atoms. The summed E-state index contributed by atoms with van der Waals surface area (Å²) in [6, 6.07) is 3.64. The molecule has 170 valence electrons. The molecule has 7 nitrogen and oxygen atoms in total. The van der Waals surface area contributed by atoms with Crippen LogP contribution in [-0.4, -0.2) is 31.0 Å². The molecule has 2 aromatic heterocycles. The van der Waals surface area contributed by atoms with Crippen molar-refractivity contribution in [3.05, 3.63) is 40.6 Å². The lowest BCUT2D eigenvalue weighted by molar-refractivity contribution is -0.140. The second kappa shape index (κ2) is 7.75. The van der Waals surface area contributed by atoms with Crippen molar-refractivity contribution < 1.29 is 27.6 Å². The minimum absolute atomic E-state index is 0.0193. The summed E-state index contributed by atoms with van der Waals surface area (Å²) < 4.78 is 47.9. The van der Waals surface area contributed by atoms with E-state index in [1.807, 2.05) is 7.05 Å². The quantitative estimate of drug-likeness (QED) is 0.609. The molecule has 0 radical (unpaired) electrons. The Balaban J connectivity index is 1.68. The molecule has 0 bridgehead atoms. The number of hydrogen-bond acceptors (Lipinski definition) is 5. The van der Waals surface area contributed by atoms with Gasteiger partial charge < -0.3 is 9.63 Å². The van der Waals surface area contributed by atoms with Gasteiger partial charge in [0.15, 0.2) is 5.69 Å². The Kier molecular flexibility index (Phi) is 5.34. The maximum atomic E-state index is 13.6. The van der Waals surface area contributed by atoms with Gasteiger partial charge in [0.05, 0.1) is 5.56 Å². The monoisotopic (exact) mass is 448 g/mol. The van der Waals surface area contributed by atoms with Gasteiger partial charge in [-0.3, -0.25) is 9.48 Å². The number of hydrogen-bond donors (Lipinski definition) is 1. The SMILES string of the molecule is Cn1nc(-c2nc(-c3ccc(CCC(=O)O)c(C(F)(F)F)c3)no2)c2c1CC(C)(C)CC2. The Labute approximate surface area is 182 Å². The first-order chi connectivity index (χ1) is 14.9. The van der Waals surface area contributed by atoms with Crippen molar-refractivity contribution in [1.82, 2.24) is 19.9 Å². The van der Waals surface area contributed by atoms with Crippen LogP contribution in [-0.2, 0) is 37.3 Å². The Bertz CT molecular complexity index is 1180. The number of nitrogens with zero attached hydrogens (tertiary/aromatic N) is 4. The smallest absolute Gasteiger partial charge is 0.416 e. The van der Waals surface area contributed by atoms with Gasteiger partial charge in [0.2, 0.25) is 5.82 Å². The lowest BCUT2D eigenvalue weighted by Gasteiger charge is -2.29. The number of aliphatic carboxylic acids is 1. The number of rotatable bonds is 5. The van der Waals surface area contributed by atoms with Gasteiger partial charge in [0.1, 0.15) is 0 Å². The van der Waals surface area contributed by atoms with Crippen molar-refractivity contribution in [3.8, 4) is 23.0 Å². The van der Waals surface area contributed by atoms with Gasteiger partial charge in [-0.05, 0) is 42.7 Å². The highest BCUT2D eigenvalue weighted by Crippen LogP contribution is 2.39. The molecule has 0 spiro atoms. The van der Waals surface area contributed by atoms with Gasteiger partial charge in [-0.15, -0.1) is 0 Å². The Morgan fingerprint density at radius 3 is 2.75 bits per heavy atom. The molecule has 1 aliphatic carbocycles. The van der Waals surface area contributed by atoms with Gasteiger partial charge in [0, 0.05) is 30.3 Å². The van der Waals surface area contributed by atoms with E-state index in [2.05, 4.69) is 29.1 Å². The molecular weight excluding hydrogens is 425 g/mol. The highest BCUT2D eigenvalue weighted by Gasteiger charge is 2.35. The van der Waals surface area contributed by atoms with Crippen molar-refractivity contribution in [2.45, 2.75) is 52.1 Å². The van der Waals surface area contributed by atoms with Crippen molar-refractivity contribution in [1.29, 1.82) is 0 Å². The molecule has 1 aliphatic rings. The van der Waals surface area contributed by atoms with Crippen LogP contribution in [0.4, 0.5) is 13.2 Å². The van der Waals surface area contributed by atoms with Crippen molar-refractivity contribution >= 4 is 5.97 Å². The molecule has 0 atom stereocenters. The molecule has 1 aromatic carbocycles. The maximum absolute atomic E-state index is 13.6. The van der Waals surface area contributed by atoms with E-state index in [0.29, 0.717) is 5.69 Å². The summed E-state index contributed by atoms with van der Waals surface area (Å²) in [5.74, 6) is -0.974. The van der Waals surface area contributed by atoms with E-state index in [-0.39, 0.29) is 34.7 Å². The molecule has 0 aliphatic heterocycles. The number of alkyl halides is 3. The normalized spacial score (nSPS) is 15.6. The molecule has 0 unspecified atom stereocenters. The molecule has 0 amide bonds. The topological polar surface area (TPSA) is 94.0 Å². The van der Waals surface area contributed by atoms with Crippen LogP contribution in [0.25, 0.3) is 23.0 Å². The fourth-order valence-electron chi connectivity index (χ4n) is 4.14. The molecule has 0 fully saturated rings. The minimum Gasteiger partial charge on any atom is -0.481 e. The number of benzene rings is 1. The number of aryl methyl sites for hydroxylation is 2. The van der Waals surface area contributed by atoms with E-state index in [0.717, 1.165) is 36.6 Å². The van der Waals surface area contributed by atoms with E-state index in [4.69, 9.17) is 9.63 Å². The summed E-state index contributed by atoms with van der Waals surface area (Å²) in [4.78, 5) is 15.1. The van der Waals surface area contributed by atoms with Gasteiger partial charge >= 0.3 is 12.1 Å². The van der Waals surface area contributed by atoms with Gasteiger partial charge in [-0.25, -0.2) is 0 Å². The summed E-state index contributed by atoms with van der Waals surface area (Å²) in [6.07, 6.45) is -2.61. The number of aromatic nitrogens is 4. The summed E-state index contributed by atoms with van der Waals surface area (Å²) in [7, 11) is 1.85. The van der Waals surface area contributed by atoms with Crippen molar-refractivity contribution in [2.24, 2.45) is 12.5 Å². The zero-order valence-electron chi connectivity index (χ0n) is 18.0. The lowest BCUT2D eigenvalue weighted by atomic mass is 9.76. The highest BCUT2D eigenvalue weighted by molar-refractivity contribution is 5.67. The predicted molar refractivity (Wildman–Crippen MR) is 109 cm³/mol. The van der Waals surface area contributed by atoms with Crippen LogP contribution in [0.15, 0.2) is 22.7 Å². The third-order valence-electron chi connectivity index (χ3n) is 5.88. The molecular formula is C22H23F3N4O3. The lowest BCUT2D eigenvalue weighted by Crippen LogP contribution is -2.23. The van der Waals surface area contributed by atoms with Crippen LogP contribution in [0, 0.1) is 5.41 Å². The first-order valence-electron chi connectivity index (χ1n) is 10.3. The van der Waals surface area contributed by atoms with E-state index in [1.165, 1.54) is 12.1 Å². The zero-order chi connectivity index (χ0) is 23.3. The maximum Gasteiger partial charge on any atom is 0.416 e. The Hall–Kier alpha value is -3.17. The fraction of sp³-hybridized carbons (Fsp3) is 0.455. The first-order valence-corrected chi connectivity index (χ1v) is 10.3. The number of carbonyl (C=O) groups is 1. The molecule has 0 saturated carbocycles. The predicted octanol–water partition coefficient (Wildman–Crippen LogP) is 4.69. The zero-order valence-corrected chi connectivity index (χ0v) is 18.0. The third-order valence-corrected chi connectivity index (χ3v) is 5.88. The van der Waals surface area contributed by atoms with Crippen LogP contribution in [0.5, 0.6) is 0 Å². The molecule has 3 aromatic rings. The van der Waals surface area contributed by atoms with Crippen LogP contribution in [0.1, 0.15) is 49.1 Å². The fourth-order valence-corrected chi connectivity index (χ4v) is 4.14. The molecule has 10 heteroatoms. The number of carboxylic acids is 1. The summed E-state index contributed by atoms with van der Waals surface area (Å²) >= 11 is 0. The Morgan fingerprint density at radius 2 is 2.06 bits per heavy atom. The summed E-state index contributed by atoms with van der Waals surface area (Å²) in [5.41, 5.74) is 1.99. The average Bonchev–Trinajstić information content (AvgIpc) is 3.30. The van der Waals surface area contributed by atoms with Gasteiger partial charge in [-0.1, -0.05) is 31.1 Å². The molecule has 2 heterocycles. The highest BCUT2D eigenvalue weighted by atomic mass is 19.4. The second-order valence-corrected chi connectivity index (χ2v) is 8.93. The largest absolute Gasteiger partial charge is 0.481 e. The van der Waals surface area contributed by atoms with E-state index in [1.54, 1.807) is 4.68 Å². The first kappa shape index (κ1) is 22.0. The Morgan fingerprint density at radius 1 is 1.31 bits per heavy atom. The summed E-state index contributed by atoms with van der Waals surface area (Å²) in [6.45, 7) is 4.40. The van der Waals surface area contributed by atoms with Crippen LogP contribution in [0.2, 0.25) is 0 Å². The number of fused-ring (bicyclic) bond motifs is 1. The van der Waals surface area contributed by atoms with E-state index < -0.39 is 24.1 Å². The minimum atomic E-state index is -4.64. The van der Waals surface area contributed by atoms with Crippen LogP contribution >= 0.6 is 0 Å². The van der Waals surface area contributed by atoms with Gasteiger partial charge in [-0.2, -0.15) is 23.3 Å². The molecule has 4 rings (SSSR count). The van der Waals surface area contributed by atoms with Crippen molar-refractivity contribution in [3.63, 3.8) is 0 Å². The van der Waals surface area contributed by atoms with Crippen molar-refractivity contribution in [2.75, 3.05) is 0 Å². The van der Waals surface area contributed by atoms with Crippen LogP contribution in [0.3, 0.4) is 0 Å². The standard InChI is InChI=1S/C22H23F3N4O3/c1-21(2)9-8-14-16(11-21)29(3)27-18(14)20-26-19(28-32-20)13-5-4-12(6-7-17(30)31)15(10-13)22(23,24)25/h4-5,10H,6-9,11H2,1-3H3,(H,30,31). The van der Waals surface area contributed by atoms with E-state index in [9.17, 15) is 18.0 Å². The van der Waals surface area contributed by atoms with E-state index >= 15 is 0 Å². The number of halogens is 3. The number of carboxylic acid groups (broad SMARTS) is 1. The average molecular weight is 448 g/mol. The van der Waals surface area contributed by atoms with Crippen LogP contribution < -0.4 is 0 Å².